The van der Waals surface area contributed by atoms with Gasteiger partial charge < -0.3 is 10.1 Å². The number of ether oxygens (including phenoxy) is 1. The van der Waals surface area contributed by atoms with Crippen LogP contribution < -0.4 is 5.32 Å². The fourth-order valence-electron chi connectivity index (χ4n) is 2.71. The summed E-state index contributed by atoms with van der Waals surface area (Å²) in [6.45, 7) is 0.920. The summed E-state index contributed by atoms with van der Waals surface area (Å²) in [5.41, 5.74) is -1.01. The summed E-state index contributed by atoms with van der Waals surface area (Å²) in [5.74, 6) is 0.997. The Morgan fingerprint density at radius 1 is 1.40 bits per heavy atom. The molecule has 10 heteroatoms. The normalized spacial score (nSPS) is 17.0. The number of methoxy groups -OCH3 is 1. The molecule has 2 aromatic rings. The summed E-state index contributed by atoms with van der Waals surface area (Å²) < 4.78 is 45.4. The maximum atomic E-state index is 12.9. The molecule has 7 nitrogen and oxygen atoms in total. The fourth-order valence-corrected chi connectivity index (χ4v) is 2.71. The number of halogens is 3. The van der Waals surface area contributed by atoms with Crippen LogP contribution in [0.5, 0.6) is 0 Å². The smallest absolute Gasteiger partial charge is 0.377 e. The van der Waals surface area contributed by atoms with Gasteiger partial charge in [-0.1, -0.05) is 0 Å². The number of aromatic nitrogens is 4. The Morgan fingerprint density at radius 3 is 2.88 bits per heavy atom. The molecule has 0 fully saturated rings. The van der Waals surface area contributed by atoms with Gasteiger partial charge in [-0.2, -0.15) is 23.5 Å². The van der Waals surface area contributed by atoms with Gasteiger partial charge in [0.25, 0.3) is 0 Å². The molecule has 1 aliphatic heterocycles. The van der Waals surface area contributed by atoms with Crippen molar-refractivity contribution in [3.8, 4) is 6.07 Å². The topological polar surface area (TPSA) is 88.7 Å². The van der Waals surface area contributed by atoms with E-state index in [2.05, 4.69) is 20.4 Å². The quantitative estimate of drug-likeness (QED) is 0.910. The molecular formula is C15H15F3N6O. The van der Waals surface area contributed by atoms with Gasteiger partial charge in [0.1, 0.15) is 30.0 Å². The minimum absolute atomic E-state index is 0.0433. The molecule has 3 heterocycles. The van der Waals surface area contributed by atoms with Crippen molar-refractivity contribution in [3.05, 3.63) is 35.0 Å². The molecule has 0 saturated carbocycles. The van der Waals surface area contributed by atoms with Crippen LogP contribution in [0.1, 0.15) is 41.8 Å². The Labute approximate surface area is 141 Å². The number of nitrogens with zero attached hydrogens (tertiary/aromatic N) is 5. The highest BCUT2D eigenvalue weighted by Crippen LogP contribution is 2.32. The zero-order valence-electron chi connectivity index (χ0n) is 13.3. The first-order valence-electron chi connectivity index (χ1n) is 7.60. The van der Waals surface area contributed by atoms with E-state index in [1.807, 2.05) is 6.07 Å². The molecule has 132 valence electrons. The second-order valence-corrected chi connectivity index (χ2v) is 5.58. The van der Waals surface area contributed by atoms with Crippen LogP contribution in [-0.4, -0.2) is 26.9 Å². The number of nitrogens with one attached hydrogen (secondary N) is 1. The van der Waals surface area contributed by atoms with Crippen LogP contribution in [0.3, 0.4) is 0 Å². The number of alkyl halides is 3. The van der Waals surface area contributed by atoms with Gasteiger partial charge in [-0.25, -0.2) is 14.6 Å². The van der Waals surface area contributed by atoms with E-state index in [-0.39, 0.29) is 24.0 Å². The molecule has 0 radical (unpaired) electrons. The predicted octanol–water partition coefficient (Wildman–Crippen LogP) is 2.66. The van der Waals surface area contributed by atoms with E-state index >= 15 is 0 Å². The number of rotatable bonds is 4. The molecule has 1 atom stereocenters. The first kappa shape index (κ1) is 17.2. The summed E-state index contributed by atoms with van der Waals surface area (Å²) in [5, 5.41) is 16.4. The molecular weight excluding hydrogens is 337 g/mol. The standard InChI is InChI=1S/C15H15F3N6O/c1-25-8-12-22-14-10(3-2-6-24(14)23-12)20-13-9(7-19)4-5-11(21-13)15(16,17)18/h4-5,10H,2-3,6,8H2,1H3,(H,20,21). The van der Waals surface area contributed by atoms with Crippen molar-refractivity contribution in [2.45, 2.75) is 38.2 Å². The number of hydrogen-bond acceptors (Lipinski definition) is 6. The lowest BCUT2D eigenvalue weighted by Gasteiger charge is -2.24. The highest BCUT2D eigenvalue weighted by Gasteiger charge is 2.34. The SMILES string of the molecule is COCc1nc2n(n1)CCCC2Nc1nc(C(F)(F)F)ccc1C#N. The molecule has 1 unspecified atom stereocenters. The van der Waals surface area contributed by atoms with Crippen molar-refractivity contribution in [1.29, 1.82) is 5.26 Å². The van der Waals surface area contributed by atoms with Crippen LogP contribution >= 0.6 is 0 Å². The van der Waals surface area contributed by atoms with Crippen LogP contribution in [0.4, 0.5) is 19.0 Å². The maximum Gasteiger partial charge on any atom is 0.433 e. The van der Waals surface area contributed by atoms with Crippen molar-refractivity contribution in [2.75, 3.05) is 12.4 Å². The molecule has 1 aliphatic rings. The number of pyridine rings is 1. The van der Waals surface area contributed by atoms with E-state index in [0.717, 1.165) is 18.6 Å². The Kier molecular flexibility index (Phi) is 4.59. The molecule has 2 aromatic heterocycles. The lowest BCUT2D eigenvalue weighted by Crippen LogP contribution is -2.24. The third-order valence-corrected chi connectivity index (χ3v) is 3.81. The van der Waals surface area contributed by atoms with Gasteiger partial charge in [0, 0.05) is 13.7 Å². The average molecular weight is 352 g/mol. The van der Waals surface area contributed by atoms with Crippen LogP contribution in [-0.2, 0) is 24.1 Å². The Hall–Kier alpha value is -2.67. The van der Waals surface area contributed by atoms with Crippen LogP contribution in [0.2, 0.25) is 0 Å². The van der Waals surface area contributed by atoms with E-state index < -0.39 is 11.9 Å². The monoisotopic (exact) mass is 352 g/mol. The van der Waals surface area contributed by atoms with Crippen molar-refractivity contribution in [3.63, 3.8) is 0 Å². The third-order valence-electron chi connectivity index (χ3n) is 3.81. The summed E-state index contributed by atoms with van der Waals surface area (Å²) in [4.78, 5) is 7.96. The number of anilines is 1. The number of hydrogen-bond donors (Lipinski definition) is 1. The fraction of sp³-hybridized carbons (Fsp3) is 0.467. The van der Waals surface area contributed by atoms with Gasteiger partial charge in [-0.3, -0.25) is 0 Å². The number of fused-ring (bicyclic) bond motifs is 1. The second-order valence-electron chi connectivity index (χ2n) is 5.58. The predicted molar refractivity (Wildman–Crippen MR) is 80.3 cm³/mol. The Balaban J connectivity index is 1.92. The summed E-state index contributed by atoms with van der Waals surface area (Å²) in [7, 11) is 1.53. The van der Waals surface area contributed by atoms with Gasteiger partial charge in [-0.05, 0) is 25.0 Å². The van der Waals surface area contributed by atoms with Crippen molar-refractivity contribution >= 4 is 5.82 Å². The highest BCUT2D eigenvalue weighted by molar-refractivity contribution is 5.53. The summed E-state index contributed by atoms with van der Waals surface area (Å²) >= 11 is 0. The molecule has 3 rings (SSSR count). The molecule has 0 amide bonds. The van der Waals surface area contributed by atoms with Gasteiger partial charge >= 0.3 is 6.18 Å². The van der Waals surface area contributed by atoms with E-state index in [9.17, 15) is 13.2 Å². The van der Waals surface area contributed by atoms with E-state index in [1.165, 1.54) is 7.11 Å². The van der Waals surface area contributed by atoms with Crippen LogP contribution in [0.25, 0.3) is 0 Å². The zero-order chi connectivity index (χ0) is 18.0. The Bertz CT molecular complexity index is 811. The van der Waals surface area contributed by atoms with E-state index in [1.54, 1.807) is 4.68 Å². The maximum absolute atomic E-state index is 12.9. The second kappa shape index (κ2) is 6.68. The zero-order valence-corrected chi connectivity index (χ0v) is 13.3. The van der Waals surface area contributed by atoms with Gasteiger partial charge in [0.2, 0.25) is 0 Å². The summed E-state index contributed by atoms with van der Waals surface area (Å²) in [6.07, 6.45) is -3.15. The Morgan fingerprint density at radius 2 is 2.20 bits per heavy atom. The van der Waals surface area contributed by atoms with Crippen molar-refractivity contribution in [2.24, 2.45) is 0 Å². The lowest BCUT2D eigenvalue weighted by atomic mass is 10.1. The lowest BCUT2D eigenvalue weighted by molar-refractivity contribution is -0.141. The first-order chi connectivity index (χ1) is 11.9. The van der Waals surface area contributed by atoms with Gasteiger partial charge in [-0.15, -0.1) is 0 Å². The molecule has 0 saturated heterocycles. The van der Waals surface area contributed by atoms with Gasteiger partial charge in [0.05, 0.1) is 11.6 Å². The van der Waals surface area contributed by atoms with E-state index in [4.69, 9.17) is 10.00 Å². The van der Waals surface area contributed by atoms with E-state index in [0.29, 0.717) is 24.6 Å². The molecule has 1 N–H and O–H groups in total. The largest absolute Gasteiger partial charge is 0.433 e. The number of aryl methyl sites for hydroxylation is 1. The number of nitriles is 1. The van der Waals surface area contributed by atoms with Crippen LogP contribution in [0, 0.1) is 11.3 Å². The minimum atomic E-state index is -4.58. The first-order valence-corrected chi connectivity index (χ1v) is 7.60. The molecule has 0 aromatic carbocycles. The molecule has 25 heavy (non-hydrogen) atoms. The van der Waals surface area contributed by atoms with Crippen molar-refractivity contribution < 1.29 is 17.9 Å². The van der Waals surface area contributed by atoms with Crippen LogP contribution in [0.15, 0.2) is 12.1 Å². The minimum Gasteiger partial charge on any atom is -0.377 e. The average Bonchev–Trinajstić information content (AvgIpc) is 2.98. The molecule has 0 aliphatic carbocycles. The third kappa shape index (κ3) is 3.56. The molecule has 0 spiro atoms. The highest BCUT2D eigenvalue weighted by atomic mass is 19.4. The summed E-state index contributed by atoms with van der Waals surface area (Å²) in [6, 6.07) is 3.39. The van der Waals surface area contributed by atoms with Crippen molar-refractivity contribution in [1.82, 2.24) is 19.7 Å². The molecule has 0 bridgehead atoms. The van der Waals surface area contributed by atoms with Gasteiger partial charge in [0.15, 0.2) is 5.82 Å².